The quantitative estimate of drug-likeness (QED) is 0.316. The van der Waals surface area contributed by atoms with Crippen molar-refractivity contribution in [2.45, 2.75) is 0 Å². The molecule has 0 aromatic heterocycles. The molecule has 0 saturated carbocycles. The van der Waals surface area contributed by atoms with Crippen LogP contribution in [0, 0.1) is 0 Å². The molecule has 0 unspecified atom stereocenters. The number of hydrogen-bond donors (Lipinski definition) is 3. The number of benzene rings is 2. The van der Waals surface area contributed by atoms with E-state index < -0.39 is 17.9 Å². The van der Waals surface area contributed by atoms with Crippen LogP contribution in [0.2, 0.25) is 0 Å². The van der Waals surface area contributed by atoms with E-state index in [2.05, 4.69) is 13.2 Å². The van der Waals surface area contributed by atoms with E-state index in [1.807, 2.05) is 0 Å². The number of ether oxygens (including phenoxy) is 2. The molecule has 0 amide bonds. The van der Waals surface area contributed by atoms with Crippen LogP contribution in [0.5, 0.6) is 23.0 Å². The highest BCUT2D eigenvalue weighted by Crippen LogP contribution is 2.31. The molecular weight excluding hydrogens is 356 g/mol. The van der Waals surface area contributed by atoms with E-state index in [1.165, 1.54) is 42.5 Å². The number of carboxylic acids is 1. The maximum absolute atomic E-state index is 11.2. The van der Waals surface area contributed by atoms with Crippen molar-refractivity contribution in [3.8, 4) is 23.0 Å². The molecule has 0 heterocycles. The van der Waals surface area contributed by atoms with E-state index in [4.69, 9.17) is 24.8 Å². The number of carboxylic acid groups (broad SMARTS) is 1. The highest BCUT2D eigenvalue weighted by Gasteiger charge is 2.20. The first-order valence-electron chi connectivity index (χ1n) is 7.31. The molecular formula is C19H16O8. The average Bonchev–Trinajstić information content (AvgIpc) is 2.65. The van der Waals surface area contributed by atoms with E-state index in [1.54, 1.807) is 0 Å². The van der Waals surface area contributed by atoms with Crippen molar-refractivity contribution >= 4 is 17.9 Å². The summed E-state index contributed by atoms with van der Waals surface area (Å²) in [5.41, 5.74) is -0.315. The molecule has 0 radical (unpaired) electrons. The van der Waals surface area contributed by atoms with Gasteiger partial charge in [-0.2, -0.15) is 0 Å². The standard InChI is InChI=1S/C13H10O6.C6H6O2/c1-3-10(14)18-9-7-5-6-8(13(16)17)12(9)19-11(15)4-2;7-5-1-2-6(8)4-3-5/h3-7H,1-2H2,(H,16,17);1-4,7-8H. The van der Waals surface area contributed by atoms with Gasteiger partial charge in [-0.05, 0) is 36.4 Å². The minimum absolute atomic E-state index is 0.169. The fraction of sp³-hybridized carbons (Fsp3) is 0. The molecule has 27 heavy (non-hydrogen) atoms. The minimum atomic E-state index is -1.33. The zero-order valence-electron chi connectivity index (χ0n) is 14.0. The summed E-state index contributed by atoms with van der Waals surface area (Å²) >= 11 is 0. The van der Waals surface area contributed by atoms with Gasteiger partial charge in [-0.1, -0.05) is 19.2 Å². The lowest BCUT2D eigenvalue weighted by atomic mass is 10.2. The van der Waals surface area contributed by atoms with Gasteiger partial charge in [-0.15, -0.1) is 0 Å². The van der Waals surface area contributed by atoms with Gasteiger partial charge in [0.15, 0.2) is 11.5 Å². The van der Waals surface area contributed by atoms with Crippen molar-refractivity contribution in [3.05, 3.63) is 73.3 Å². The van der Waals surface area contributed by atoms with Gasteiger partial charge in [-0.25, -0.2) is 14.4 Å². The summed E-state index contributed by atoms with van der Waals surface area (Å²) in [5, 5.41) is 26.3. The van der Waals surface area contributed by atoms with Crippen molar-refractivity contribution in [2.24, 2.45) is 0 Å². The second-order valence-corrected chi connectivity index (χ2v) is 4.70. The lowest BCUT2D eigenvalue weighted by molar-refractivity contribution is -0.131. The summed E-state index contributed by atoms with van der Waals surface area (Å²) in [6.45, 7) is 6.40. The summed E-state index contributed by atoms with van der Waals surface area (Å²) in [7, 11) is 0. The number of aromatic carboxylic acids is 1. The van der Waals surface area contributed by atoms with Crippen molar-refractivity contribution in [1.82, 2.24) is 0 Å². The molecule has 2 aromatic carbocycles. The molecule has 0 aliphatic rings. The Balaban J connectivity index is 0.000000377. The summed E-state index contributed by atoms with van der Waals surface area (Å²) < 4.78 is 9.58. The topological polar surface area (TPSA) is 130 Å². The number of carbonyl (C=O) groups is 3. The highest BCUT2D eigenvalue weighted by atomic mass is 16.6. The predicted molar refractivity (Wildman–Crippen MR) is 94.8 cm³/mol. The lowest BCUT2D eigenvalue weighted by Crippen LogP contribution is -2.12. The number of para-hydroxylation sites is 1. The molecule has 0 spiro atoms. The monoisotopic (exact) mass is 372 g/mol. The molecule has 0 aliphatic carbocycles. The SMILES string of the molecule is C=CC(=O)Oc1cccc(C(=O)O)c1OC(=O)C=C.Oc1ccc(O)cc1. The van der Waals surface area contributed by atoms with Crippen molar-refractivity contribution in [1.29, 1.82) is 0 Å². The Morgan fingerprint density at radius 2 is 1.30 bits per heavy atom. The van der Waals surface area contributed by atoms with Gasteiger partial charge in [-0.3, -0.25) is 0 Å². The fourth-order valence-corrected chi connectivity index (χ4v) is 1.61. The Bertz CT molecular complexity index is 832. The van der Waals surface area contributed by atoms with E-state index in [9.17, 15) is 14.4 Å². The molecule has 140 valence electrons. The zero-order valence-corrected chi connectivity index (χ0v) is 14.0. The average molecular weight is 372 g/mol. The Labute approximate surface area is 154 Å². The predicted octanol–water partition coefficient (Wildman–Crippen LogP) is 2.67. The Morgan fingerprint density at radius 1 is 0.815 bits per heavy atom. The maximum atomic E-state index is 11.2. The van der Waals surface area contributed by atoms with E-state index >= 15 is 0 Å². The first kappa shape index (κ1) is 21.0. The van der Waals surface area contributed by atoms with Crippen LogP contribution >= 0.6 is 0 Å². The van der Waals surface area contributed by atoms with E-state index in [0.717, 1.165) is 12.2 Å². The summed E-state index contributed by atoms with van der Waals surface area (Å²) in [6.07, 6.45) is 1.75. The number of esters is 2. The summed E-state index contributed by atoms with van der Waals surface area (Å²) in [5.74, 6) is -3.23. The first-order valence-corrected chi connectivity index (χ1v) is 7.31. The molecule has 3 N–H and O–H groups in total. The number of hydrogen-bond acceptors (Lipinski definition) is 7. The zero-order chi connectivity index (χ0) is 20.4. The van der Waals surface area contributed by atoms with Gasteiger partial charge >= 0.3 is 17.9 Å². The van der Waals surface area contributed by atoms with Crippen LogP contribution in [0.1, 0.15) is 10.4 Å². The van der Waals surface area contributed by atoms with Crippen LogP contribution in [0.25, 0.3) is 0 Å². The Kier molecular flexibility index (Phi) is 7.80. The van der Waals surface area contributed by atoms with Gasteiger partial charge in [0.1, 0.15) is 17.1 Å². The van der Waals surface area contributed by atoms with Crippen LogP contribution in [-0.4, -0.2) is 33.2 Å². The molecule has 0 atom stereocenters. The molecule has 8 nitrogen and oxygen atoms in total. The fourth-order valence-electron chi connectivity index (χ4n) is 1.61. The van der Waals surface area contributed by atoms with Gasteiger partial charge in [0, 0.05) is 12.2 Å². The van der Waals surface area contributed by atoms with Crippen LogP contribution in [0.4, 0.5) is 0 Å². The molecule has 0 fully saturated rings. The number of carbonyl (C=O) groups excluding carboxylic acids is 2. The molecule has 0 saturated heterocycles. The largest absolute Gasteiger partial charge is 0.508 e. The first-order chi connectivity index (χ1) is 12.8. The molecule has 2 rings (SSSR count). The van der Waals surface area contributed by atoms with Crippen LogP contribution in [0.3, 0.4) is 0 Å². The summed E-state index contributed by atoms with van der Waals surface area (Å²) in [6, 6.07) is 9.55. The normalized spacial score (nSPS) is 9.19. The second-order valence-electron chi connectivity index (χ2n) is 4.70. The van der Waals surface area contributed by atoms with E-state index in [-0.39, 0.29) is 28.6 Å². The number of rotatable bonds is 5. The van der Waals surface area contributed by atoms with Crippen molar-refractivity contribution < 1.29 is 39.2 Å². The Hall–Kier alpha value is -4.07. The maximum Gasteiger partial charge on any atom is 0.339 e. The van der Waals surface area contributed by atoms with Crippen LogP contribution in [0.15, 0.2) is 67.8 Å². The highest BCUT2D eigenvalue weighted by molar-refractivity contribution is 5.95. The smallest absolute Gasteiger partial charge is 0.339 e. The van der Waals surface area contributed by atoms with Gasteiger partial charge in [0.2, 0.25) is 0 Å². The number of aromatic hydroxyl groups is 2. The Morgan fingerprint density at radius 3 is 1.74 bits per heavy atom. The summed E-state index contributed by atoms with van der Waals surface area (Å²) in [4.78, 5) is 33.3. The van der Waals surface area contributed by atoms with Gasteiger partial charge in [0.05, 0.1) is 0 Å². The molecule has 2 aromatic rings. The third-order valence-corrected chi connectivity index (χ3v) is 2.81. The third kappa shape index (κ3) is 6.75. The van der Waals surface area contributed by atoms with Crippen molar-refractivity contribution in [2.75, 3.05) is 0 Å². The van der Waals surface area contributed by atoms with Gasteiger partial charge in [0.25, 0.3) is 0 Å². The van der Waals surface area contributed by atoms with Gasteiger partial charge < -0.3 is 24.8 Å². The van der Waals surface area contributed by atoms with Crippen LogP contribution in [-0.2, 0) is 9.59 Å². The molecule has 8 heteroatoms. The second kappa shape index (κ2) is 10.0. The molecule has 0 aliphatic heterocycles. The number of phenols is 2. The lowest BCUT2D eigenvalue weighted by Gasteiger charge is -2.10. The third-order valence-electron chi connectivity index (χ3n) is 2.81. The number of phenolic OH excluding ortho intramolecular Hbond substituents is 2. The van der Waals surface area contributed by atoms with E-state index in [0.29, 0.717) is 0 Å². The minimum Gasteiger partial charge on any atom is -0.508 e. The van der Waals surface area contributed by atoms with Crippen molar-refractivity contribution in [3.63, 3.8) is 0 Å². The molecule has 0 bridgehead atoms. The van der Waals surface area contributed by atoms with Crippen LogP contribution < -0.4 is 9.47 Å².